The maximum absolute atomic E-state index is 12.5. The van der Waals surface area contributed by atoms with E-state index in [-0.39, 0.29) is 23.0 Å². The van der Waals surface area contributed by atoms with Crippen molar-refractivity contribution in [3.63, 3.8) is 0 Å². The summed E-state index contributed by atoms with van der Waals surface area (Å²) in [5, 5.41) is 0. The van der Waals surface area contributed by atoms with E-state index < -0.39 is 11.7 Å². The molecule has 1 aliphatic carbocycles. The number of ether oxygens (including phenoxy) is 1. The van der Waals surface area contributed by atoms with Gasteiger partial charge in [-0.2, -0.15) is 13.2 Å². The number of hydrogen-bond donors (Lipinski definition) is 0. The maximum atomic E-state index is 12.5. The molecule has 1 saturated heterocycles. The summed E-state index contributed by atoms with van der Waals surface area (Å²) in [5.41, 5.74) is -0.879. The minimum Gasteiger partial charge on any atom is -0.375 e. The molecule has 1 saturated carbocycles. The van der Waals surface area contributed by atoms with Crippen LogP contribution < -0.4 is 0 Å². The van der Waals surface area contributed by atoms with E-state index in [9.17, 15) is 18.0 Å². The van der Waals surface area contributed by atoms with Gasteiger partial charge in [-0.3, -0.25) is 9.78 Å². The van der Waals surface area contributed by atoms with Crippen LogP contribution in [-0.2, 0) is 10.9 Å². The van der Waals surface area contributed by atoms with Gasteiger partial charge in [0.25, 0.3) is 0 Å². The van der Waals surface area contributed by atoms with E-state index in [0.29, 0.717) is 19.4 Å². The fourth-order valence-corrected chi connectivity index (χ4v) is 3.09. The molecule has 2 aliphatic rings. The van der Waals surface area contributed by atoms with E-state index in [2.05, 4.69) is 4.98 Å². The molecule has 1 atom stereocenters. The third kappa shape index (κ3) is 2.81. The first-order valence-corrected chi connectivity index (χ1v) is 7.11. The summed E-state index contributed by atoms with van der Waals surface area (Å²) in [4.78, 5) is 16.1. The van der Waals surface area contributed by atoms with Crippen LogP contribution in [0.3, 0.4) is 0 Å². The quantitative estimate of drug-likeness (QED) is 0.783. The zero-order chi connectivity index (χ0) is 15.1. The van der Waals surface area contributed by atoms with Crippen molar-refractivity contribution in [1.29, 1.82) is 0 Å². The lowest BCUT2D eigenvalue weighted by Crippen LogP contribution is -2.47. The fourth-order valence-electron chi connectivity index (χ4n) is 3.09. The number of nitrogens with zero attached hydrogens (tertiary/aromatic N) is 1. The van der Waals surface area contributed by atoms with Crippen LogP contribution in [0.25, 0.3) is 0 Å². The number of alkyl halides is 3. The number of hydrogen-bond acceptors (Lipinski definition) is 3. The minimum absolute atomic E-state index is 0.115. The summed E-state index contributed by atoms with van der Waals surface area (Å²) in [5.74, 6) is -0.360. The average Bonchev–Trinajstić information content (AvgIpc) is 2.44. The van der Waals surface area contributed by atoms with Crippen LogP contribution in [0.2, 0.25) is 0 Å². The third-order valence-electron chi connectivity index (χ3n) is 4.47. The van der Waals surface area contributed by atoms with Gasteiger partial charge in [0.2, 0.25) is 0 Å². The highest BCUT2D eigenvalue weighted by Gasteiger charge is 2.44. The lowest BCUT2D eigenvalue weighted by Gasteiger charge is -2.46. The molecule has 0 bridgehead atoms. The molecule has 0 amide bonds. The lowest BCUT2D eigenvalue weighted by atomic mass is 9.71. The summed E-state index contributed by atoms with van der Waals surface area (Å²) in [7, 11) is 0. The Morgan fingerprint density at radius 3 is 2.62 bits per heavy atom. The molecule has 3 nitrogen and oxygen atoms in total. The predicted molar refractivity (Wildman–Crippen MR) is 68.8 cm³/mol. The predicted octanol–water partition coefficient (Wildman–Crippen LogP) is 3.63. The number of pyridine rings is 1. The Hall–Kier alpha value is -1.43. The van der Waals surface area contributed by atoms with Gasteiger partial charge in [-0.05, 0) is 44.2 Å². The van der Waals surface area contributed by atoms with Crippen molar-refractivity contribution in [3.8, 4) is 0 Å². The smallest absolute Gasteiger partial charge is 0.375 e. The standard InChI is InChI=1S/C15H16F3NO2/c16-15(17,18)11-2-3-12(19-9-11)13(20)10-4-7-21-14(8-10)5-1-6-14/h2-3,9-10H,1,4-8H2. The van der Waals surface area contributed by atoms with E-state index in [1.807, 2.05) is 0 Å². The molecule has 1 unspecified atom stereocenters. The van der Waals surface area contributed by atoms with Crippen molar-refractivity contribution in [2.45, 2.75) is 43.9 Å². The number of rotatable bonds is 2. The van der Waals surface area contributed by atoms with Gasteiger partial charge in [0, 0.05) is 18.7 Å². The summed E-state index contributed by atoms with van der Waals surface area (Å²) < 4.78 is 43.2. The third-order valence-corrected chi connectivity index (χ3v) is 4.47. The molecule has 1 aliphatic heterocycles. The normalized spacial score (nSPS) is 24.6. The fraction of sp³-hybridized carbons (Fsp3) is 0.600. The number of carbonyl (C=O) groups is 1. The SMILES string of the molecule is O=C(c1ccc(C(F)(F)F)cn1)C1CCOC2(CCC2)C1. The molecule has 2 fully saturated rings. The van der Waals surface area contributed by atoms with Gasteiger partial charge in [0.05, 0.1) is 11.2 Å². The van der Waals surface area contributed by atoms with Crippen LogP contribution in [0.5, 0.6) is 0 Å². The zero-order valence-electron chi connectivity index (χ0n) is 11.4. The molecule has 114 valence electrons. The molecule has 0 aromatic carbocycles. The average molecular weight is 299 g/mol. The Morgan fingerprint density at radius 1 is 1.33 bits per heavy atom. The topological polar surface area (TPSA) is 39.2 Å². The molecule has 21 heavy (non-hydrogen) atoms. The Bertz CT molecular complexity index is 535. The molecule has 1 spiro atoms. The Kier molecular flexibility index (Phi) is 3.51. The van der Waals surface area contributed by atoms with Gasteiger partial charge in [-0.15, -0.1) is 0 Å². The molecular weight excluding hydrogens is 283 g/mol. The number of halogens is 3. The Labute approximate surface area is 120 Å². The molecular formula is C15H16F3NO2. The molecule has 2 heterocycles. The second-order valence-corrected chi connectivity index (χ2v) is 5.87. The van der Waals surface area contributed by atoms with Gasteiger partial charge in [-0.25, -0.2) is 0 Å². The largest absolute Gasteiger partial charge is 0.417 e. The van der Waals surface area contributed by atoms with Crippen LogP contribution in [0, 0.1) is 5.92 Å². The second-order valence-electron chi connectivity index (χ2n) is 5.87. The molecule has 1 aromatic rings. The van der Waals surface area contributed by atoms with Crippen LogP contribution in [0.4, 0.5) is 13.2 Å². The van der Waals surface area contributed by atoms with Crippen molar-refractivity contribution in [2.24, 2.45) is 5.92 Å². The molecule has 3 rings (SSSR count). The Morgan fingerprint density at radius 2 is 2.10 bits per heavy atom. The molecule has 0 radical (unpaired) electrons. The number of aromatic nitrogens is 1. The van der Waals surface area contributed by atoms with Gasteiger partial charge in [-0.1, -0.05) is 0 Å². The van der Waals surface area contributed by atoms with Gasteiger partial charge in [0.1, 0.15) is 5.69 Å². The highest BCUT2D eigenvalue weighted by Crippen LogP contribution is 2.44. The molecule has 1 aromatic heterocycles. The van der Waals surface area contributed by atoms with Crippen molar-refractivity contribution in [1.82, 2.24) is 4.98 Å². The highest BCUT2D eigenvalue weighted by molar-refractivity contribution is 5.96. The highest BCUT2D eigenvalue weighted by atomic mass is 19.4. The maximum Gasteiger partial charge on any atom is 0.417 e. The number of Topliss-reactive ketones (excluding diaryl/α,β-unsaturated/α-hetero) is 1. The van der Waals surface area contributed by atoms with Crippen LogP contribution in [0.1, 0.15) is 48.2 Å². The lowest BCUT2D eigenvalue weighted by molar-refractivity contribution is -0.137. The number of carbonyl (C=O) groups excluding carboxylic acids is 1. The van der Waals surface area contributed by atoms with Crippen LogP contribution in [-0.4, -0.2) is 23.0 Å². The van der Waals surface area contributed by atoms with Crippen molar-refractivity contribution < 1.29 is 22.7 Å². The van der Waals surface area contributed by atoms with Gasteiger partial charge in [0.15, 0.2) is 5.78 Å². The van der Waals surface area contributed by atoms with E-state index in [1.165, 1.54) is 6.07 Å². The molecule has 0 N–H and O–H groups in total. The van der Waals surface area contributed by atoms with Crippen molar-refractivity contribution in [3.05, 3.63) is 29.6 Å². The van der Waals surface area contributed by atoms with Crippen LogP contribution in [0.15, 0.2) is 18.3 Å². The second kappa shape index (κ2) is 5.09. The Balaban J connectivity index is 1.72. The number of ketones is 1. The summed E-state index contributed by atoms with van der Waals surface area (Å²) in [6.07, 6.45) is 0.626. The van der Waals surface area contributed by atoms with Crippen molar-refractivity contribution >= 4 is 5.78 Å². The minimum atomic E-state index is -4.43. The summed E-state index contributed by atoms with van der Waals surface area (Å²) in [6.45, 7) is 0.539. The summed E-state index contributed by atoms with van der Waals surface area (Å²) in [6, 6.07) is 2.09. The van der Waals surface area contributed by atoms with Crippen molar-refractivity contribution in [2.75, 3.05) is 6.61 Å². The zero-order valence-corrected chi connectivity index (χ0v) is 11.4. The van der Waals surface area contributed by atoms with E-state index >= 15 is 0 Å². The van der Waals surface area contributed by atoms with Gasteiger partial charge >= 0.3 is 6.18 Å². The van der Waals surface area contributed by atoms with Crippen LogP contribution >= 0.6 is 0 Å². The van der Waals surface area contributed by atoms with E-state index in [1.54, 1.807) is 0 Å². The monoisotopic (exact) mass is 299 g/mol. The van der Waals surface area contributed by atoms with E-state index in [4.69, 9.17) is 4.74 Å². The first-order chi connectivity index (χ1) is 9.90. The van der Waals surface area contributed by atoms with E-state index in [0.717, 1.165) is 31.5 Å². The molecule has 6 heteroatoms. The first kappa shape index (κ1) is 14.5. The summed E-state index contributed by atoms with van der Waals surface area (Å²) >= 11 is 0. The first-order valence-electron chi connectivity index (χ1n) is 7.11. The van der Waals surface area contributed by atoms with Gasteiger partial charge < -0.3 is 4.74 Å².